The van der Waals surface area contributed by atoms with Gasteiger partial charge in [0.05, 0.1) is 0 Å². The first kappa shape index (κ1) is 15.3. The van der Waals surface area contributed by atoms with Crippen LogP contribution in [0.25, 0.3) is 0 Å². The van der Waals surface area contributed by atoms with Crippen molar-refractivity contribution in [2.75, 3.05) is 33.2 Å². The van der Waals surface area contributed by atoms with E-state index in [1.807, 2.05) is 0 Å². The molecule has 0 aliphatic carbocycles. The zero-order valence-corrected chi connectivity index (χ0v) is 13.5. The number of hydrogen-bond donors (Lipinski definition) is 0. The molecule has 2 rings (SSSR count). The highest BCUT2D eigenvalue weighted by Gasteiger charge is 2.51. The molecule has 0 aromatic rings. The van der Waals surface area contributed by atoms with Crippen molar-refractivity contribution in [2.45, 2.75) is 71.3 Å². The number of unbranched alkanes of at least 4 members (excludes halogenated alkanes) is 4. The molecular formula is C17H34N2. The van der Waals surface area contributed by atoms with Gasteiger partial charge in [0.15, 0.2) is 0 Å². The number of nitrogens with zero attached hydrogens (tertiary/aromatic N) is 2. The van der Waals surface area contributed by atoms with E-state index in [2.05, 4.69) is 30.7 Å². The van der Waals surface area contributed by atoms with Crippen LogP contribution in [0.2, 0.25) is 0 Å². The van der Waals surface area contributed by atoms with Crippen LogP contribution in [0.1, 0.15) is 65.2 Å². The SMILES string of the molecule is CCCCCC(CCCCC)N1CC2(CN(C)C2)C1. The van der Waals surface area contributed by atoms with E-state index >= 15 is 0 Å². The quantitative estimate of drug-likeness (QED) is 0.586. The lowest BCUT2D eigenvalue weighted by atomic mass is 9.72. The molecule has 1 spiro atoms. The Hall–Kier alpha value is -0.0800. The van der Waals surface area contributed by atoms with Crippen molar-refractivity contribution in [1.82, 2.24) is 9.80 Å². The van der Waals surface area contributed by atoms with Gasteiger partial charge < -0.3 is 4.90 Å². The molecule has 2 fully saturated rings. The maximum Gasteiger partial charge on any atom is 0.0212 e. The Bertz CT molecular complexity index is 240. The van der Waals surface area contributed by atoms with Gasteiger partial charge in [0, 0.05) is 37.6 Å². The van der Waals surface area contributed by atoms with Crippen LogP contribution in [0.5, 0.6) is 0 Å². The standard InChI is InChI=1S/C17H34N2/c1-4-6-8-10-16(11-9-7-5-2)19-14-17(15-19)12-18(3)13-17/h16H,4-15H2,1-3H3. The Kier molecular flexibility index (Phi) is 5.70. The molecule has 112 valence electrons. The van der Waals surface area contributed by atoms with Crippen molar-refractivity contribution in [1.29, 1.82) is 0 Å². The van der Waals surface area contributed by atoms with E-state index < -0.39 is 0 Å². The zero-order chi connectivity index (χ0) is 13.7. The Morgan fingerprint density at radius 2 is 1.37 bits per heavy atom. The van der Waals surface area contributed by atoms with Crippen LogP contribution in [-0.2, 0) is 0 Å². The van der Waals surface area contributed by atoms with E-state index in [-0.39, 0.29) is 0 Å². The van der Waals surface area contributed by atoms with Crippen molar-refractivity contribution < 1.29 is 0 Å². The van der Waals surface area contributed by atoms with Crippen LogP contribution in [0.4, 0.5) is 0 Å². The summed E-state index contributed by atoms with van der Waals surface area (Å²) in [5.41, 5.74) is 0.711. The van der Waals surface area contributed by atoms with Crippen molar-refractivity contribution in [3.05, 3.63) is 0 Å². The Morgan fingerprint density at radius 3 is 1.79 bits per heavy atom. The maximum atomic E-state index is 2.80. The molecule has 19 heavy (non-hydrogen) atoms. The molecule has 0 bridgehead atoms. The molecule has 0 amide bonds. The smallest absolute Gasteiger partial charge is 0.0212 e. The minimum Gasteiger partial charge on any atom is -0.305 e. The second-order valence-corrected chi connectivity index (χ2v) is 7.22. The Balaban J connectivity index is 1.70. The first-order valence-corrected chi connectivity index (χ1v) is 8.62. The third kappa shape index (κ3) is 3.95. The molecular weight excluding hydrogens is 232 g/mol. The molecule has 0 aromatic heterocycles. The lowest BCUT2D eigenvalue weighted by molar-refractivity contribution is -0.123. The van der Waals surface area contributed by atoms with Gasteiger partial charge in [-0.15, -0.1) is 0 Å². The number of hydrogen-bond acceptors (Lipinski definition) is 2. The first-order chi connectivity index (χ1) is 9.19. The van der Waals surface area contributed by atoms with Gasteiger partial charge in [-0.1, -0.05) is 52.4 Å². The monoisotopic (exact) mass is 266 g/mol. The van der Waals surface area contributed by atoms with Crippen molar-refractivity contribution in [2.24, 2.45) is 5.41 Å². The van der Waals surface area contributed by atoms with Gasteiger partial charge in [0.25, 0.3) is 0 Å². The maximum absolute atomic E-state index is 2.80. The summed E-state index contributed by atoms with van der Waals surface area (Å²) in [4.78, 5) is 5.28. The summed E-state index contributed by atoms with van der Waals surface area (Å²) in [7, 11) is 2.26. The average molecular weight is 266 g/mol. The molecule has 2 aliphatic heterocycles. The van der Waals surface area contributed by atoms with Crippen LogP contribution in [0, 0.1) is 5.41 Å². The summed E-state index contributed by atoms with van der Waals surface area (Å²) in [6.07, 6.45) is 11.3. The molecule has 0 N–H and O–H groups in total. The highest BCUT2D eigenvalue weighted by Crippen LogP contribution is 2.41. The highest BCUT2D eigenvalue weighted by atomic mass is 15.3. The van der Waals surface area contributed by atoms with Gasteiger partial charge in [-0.05, 0) is 19.9 Å². The molecule has 2 aliphatic rings. The topological polar surface area (TPSA) is 6.48 Å². The summed E-state index contributed by atoms with van der Waals surface area (Å²) in [6.45, 7) is 10.1. The Labute approximate surface area is 120 Å². The van der Waals surface area contributed by atoms with E-state index in [0.29, 0.717) is 5.41 Å². The summed E-state index contributed by atoms with van der Waals surface area (Å²) >= 11 is 0. The molecule has 0 atom stereocenters. The molecule has 2 saturated heterocycles. The first-order valence-electron chi connectivity index (χ1n) is 8.62. The average Bonchev–Trinajstić information content (AvgIpc) is 2.31. The summed E-state index contributed by atoms with van der Waals surface area (Å²) < 4.78 is 0. The van der Waals surface area contributed by atoms with Crippen LogP contribution in [0.15, 0.2) is 0 Å². The van der Waals surface area contributed by atoms with Gasteiger partial charge in [-0.3, -0.25) is 4.90 Å². The molecule has 0 saturated carbocycles. The van der Waals surface area contributed by atoms with Crippen LogP contribution in [-0.4, -0.2) is 49.1 Å². The van der Waals surface area contributed by atoms with E-state index in [4.69, 9.17) is 0 Å². The second-order valence-electron chi connectivity index (χ2n) is 7.22. The normalized spacial score (nSPS) is 22.7. The zero-order valence-electron chi connectivity index (χ0n) is 13.5. The fourth-order valence-electron chi connectivity index (χ4n) is 4.14. The van der Waals surface area contributed by atoms with Crippen LogP contribution >= 0.6 is 0 Å². The molecule has 0 unspecified atom stereocenters. The van der Waals surface area contributed by atoms with E-state index in [1.54, 1.807) is 0 Å². The molecule has 0 aromatic carbocycles. The summed E-state index contributed by atoms with van der Waals surface area (Å²) in [5, 5.41) is 0. The minimum atomic E-state index is 0.711. The van der Waals surface area contributed by atoms with Crippen molar-refractivity contribution >= 4 is 0 Å². The molecule has 2 heterocycles. The second kappa shape index (κ2) is 7.08. The summed E-state index contributed by atoms with van der Waals surface area (Å²) in [6, 6.07) is 0.898. The molecule has 2 nitrogen and oxygen atoms in total. The van der Waals surface area contributed by atoms with Gasteiger partial charge in [-0.2, -0.15) is 0 Å². The van der Waals surface area contributed by atoms with Crippen LogP contribution < -0.4 is 0 Å². The van der Waals surface area contributed by atoms with Gasteiger partial charge in [-0.25, -0.2) is 0 Å². The van der Waals surface area contributed by atoms with E-state index in [0.717, 1.165) is 6.04 Å². The highest BCUT2D eigenvalue weighted by molar-refractivity contribution is 5.06. The predicted molar refractivity (Wildman–Crippen MR) is 83.6 cm³/mol. The third-order valence-electron chi connectivity index (χ3n) is 5.09. The van der Waals surface area contributed by atoms with Gasteiger partial charge >= 0.3 is 0 Å². The number of rotatable bonds is 9. The fraction of sp³-hybridized carbons (Fsp3) is 1.00. The van der Waals surface area contributed by atoms with Gasteiger partial charge in [0.1, 0.15) is 0 Å². The molecule has 2 heteroatoms. The van der Waals surface area contributed by atoms with E-state index in [9.17, 15) is 0 Å². The lowest BCUT2D eigenvalue weighted by Gasteiger charge is -2.61. The predicted octanol–water partition coefficient (Wildman–Crippen LogP) is 3.76. The lowest BCUT2D eigenvalue weighted by Crippen LogP contribution is -2.72. The molecule has 0 radical (unpaired) electrons. The third-order valence-corrected chi connectivity index (χ3v) is 5.09. The van der Waals surface area contributed by atoms with Crippen molar-refractivity contribution in [3.63, 3.8) is 0 Å². The fourth-order valence-corrected chi connectivity index (χ4v) is 4.14. The largest absolute Gasteiger partial charge is 0.305 e. The van der Waals surface area contributed by atoms with Gasteiger partial charge in [0.2, 0.25) is 0 Å². The minimum absolute atomic E-state index is 0.711. The van der Waals surface area contributed by atoms with Crippen molar-refractivity contribution in [3.8, 4) is 0 Å². The Morgan fingerprint density at radius 1 is 0.842 bits per heavy atom. The van der Waals surface area contributed by atoms with Crippen LogP contribution in [0.3, 0.4) is 0 Å². The number of likely N-dealkylation sites (tertiary alicyclic amines) is 2. The van der Waals surface area contributed by atoms with E-state index in [1.165, 1.54) is 77.5 Å². The summed E-state index contributed by atoms with van der Waals surface area (Å²) in [5.74, 6) is 0.